The Bertz CT molecular complexity index is 1270. The van der Waals surface area contributed by atoms with Gasteiger partial charge in [-0.1, -0.05) is 86.1 Å². The monoisotopic (exact) mass is 476 g/mol. The molecule has 178 valence electrons. The quantitative estimate of drug-likeness (QED) is 0.182. The molecule has 0 fully saturated rings. The average Bonchev–Trinajstić information content (AvgIpc) is 2.86. The molecule has 0 bridgehead atoms. The molecule has 35 heavy (non-hydrogen) atoms. The lowest BCUT2D eigenvalue weighted by molar-refractivity contribution is 0.200. The summed E-state index contributed by atoms with van der Waals surface area (Å²) >= 11 is 0. The van der Waals surface area contributed by atoms with Crippen molar-refractivity contribution >= 4 is 0 Å². The van der Waals surface area contributed by atoms with Crippen LogP contribution < -0.4 is 4.74 Å². The van der Waals surface area contributed by atoms with Gasteiger partial charge in [-0.15, -0.1) is 0 Å². The van der Waals surface area contributed by atoms with Gasteiger partial charge in [0.1, 0.15) is 0 Å². The van der Waals surface area contributed by atoms with E-state index in [-0.39, 0.29) is 0 Å². The number of hydrogen-bond acceptors (Lipinski definition) is 1. The van der Waals surface area contributed by atoms with Gasteiger partial charge in [0.15, 0.2) is 17.4 Å². The normalized spacial score (nSPS) is 11.4. The Kier molecular flexibility index (Phi) is 7.66. The molecule has 0 N–H and O–H groups in total. The summed E-state index contributed by atoms with van der Waals surface area (Å²) in [5.41, 5.74) is 6.55. The van der Waals surface area contributed by atoms with Crippen LogP contribution >= 0.6 is 0 Å². The molecular formula is C30H24F4O. The van der Waals surface area contributed by atoms with Gasteiger partial charge in [0, 0.05) is 6.08 Å². The lowest BCUT2D eigenvalue weighted by atomic mass is 9.97. The summed E-state index contributed by atoms with van der Waals surface area (Å²) in [5, 5.41) is 0. The van der Waals surface area contributed by atoms with E-state index in [9.17, 15) is 17.6 Å². The molecule has 0 aliphatic rings. The zero-order valence-corrected chi connectivity index (χ0v) is 19.1. The van der Waals surface area contributed by atoms with E-state index in [4.69, 9.17) is 4.74 Å². The van der Waals surface area contributed by atoms with Crippen molar-refractivity contribution < 1.29 is 22.3 Å². The molecule has 0 amide bonds. The van der Waals surface area contributed by atoms with Crippen molar-refractivity contribution in [1.82, 2.24) is 0 Å². The van der Waals surface area contributed by atoms with Crippen LogP contribution in [0, 0.1) is 11.6 Å². The van der Waals surface area contributed by atoms with Crippen LogP contribution in [0.4, 0.5) is 17.6 Å². The molecular weight excluding hydrogens is 452 g/mol. The first-order valence-corrected chi connectivity index (χ1v) is 11.4. The number of rotatable bonds is 8. The Morgan fingerprint density at radius 2 is 1.06 bits per heavy atom. The van der Waals surface area contributed by atoms with Gasteiger partial charge < -0.3 is 4.74 Å². The van der Waals surface area contributed by atoms with Crippen LogP contribution in [0.2, 0.25) is 0 Å². The number of benzene rings is 4. The molecule has 0 aliphatic carbocycles. The number of aryl methyl sites for hydroxylation is 1. The summed E-state index contributed by atoms with van der Waals surface area (Å²) in [6.45, 7) is 2.17. The fourth-order valence-electron chi connectivity index (χ4n) is 3.87. The first-order chi connectivity index (χ1) is 16.9. The van der Waals surface area contributed by atoms with Crippen molar-refractivity contribution in [2.45, 2.75) is 26.2 Å². The Labute approximate surface area is 202 Å². The van der Waals surface area contributed by atoms with Gasteiger partial charge in [0.2, 0.25) is 0 Å². The zero-order valence-electron chi connectivity index (χ0n) is 19.1. The highest BCUT2D eigenvalue weighted by molar-refractivity contribution is 5.73. The summed E-state index contributed by atoms with van der Waals surface area (Å²) < 4.78 is 57.6. The molecule has 0 aromatic heterocycles. The lowest BCUT2D eigenvalue weighted by Crippen LogP contribution is -1.94. The standard InChI is InChI=1S/C30H24F4O/c1-2-3-20-4-6-21(7-5-20)22-8-10-23(11-9-22)24-12-14-25(15-13-24)26-18-27(31)30(28(32)19-26)35-17-16-29(33)34/h4-19,29H,2-3H2,1H3/b17-16+. The summed E-state index contributed by atoms with van der Waals surface area (Å²) in [6, 6.07) is 26.4. The van der Waals surface area contributed by atoms with Crippen LogP contribution in [0.15, 0.2) is 97.3 Å². The molecule has 5 heteroatoms. The maximum absolute atomic E-state index is 14.3. The third kappa shape index (κ3) is 5.99. The first kappa shape index (κ1) is 24.3. The maximum atomic E-state index is 14.3. The summed E-state index contributed by atoms with van der Waals surface area (Å²) in [7, 11) is 0. The average molecular weight is 477 g/mol. The van der Waals surface area contributed by atoms with E-state index in [1.54, 1.807) is 12.1 Å². The van der Waals surface area contributed by atoms with E-state index in [0.717, 1.165) is 47.2 Å². The number of ether oxygens (including phenoxy) is 1. The second-order valence-electron chi connectivity index (χ2n) is 8.15. The van der Waals surface area contributed by atoms with Crippen molar-refractivity contribution in [3.8, 4) is 39.1 Å². The second-order valence-corrected chi connectivity index (χ2v) is 8.15. The van der Waals surface area contributed by atoms with E-state index in [1.165, 1.54) is 5.56 Å². The van der Waals surface area contributed by atoms with Gasteiger partial charge in [-0.05, 0) is 57.5 Å². The maximum Gasteiger partial charge on any atom is 0.260 e. The molecule has 4 aromatic rings. The van der Waals surface area contributed by atoms with Gasteiger partial charge >= 0.3 is 0 Å². The third-order valence-corrected chi connectivity index (χ3v) is 5.67. The topological polar surface area (TPSA) is 9.23 Å². The van der Waals surface area contributed by atoms with Gasteiger partial charge in [-0.3, -0.25) is 0 Å². The highest BCUT2D eigenvalue weighted by Crippen LogP contribution is 2.31. The molecule has 4 rings (SSSR count). The molecule has 0 aliphatic heterocycles. The summed E-state index contributed by atoms with van der Waals surface area (Å²) in [6.07, 6.45) is 0.407. The van der Waals surface area contributed by atoms with Gasteiger partial charge in [-0.25, -0.2) is 17.6 Å². The molecule has 0 saturated heterocycles. The Morgan fingerprint density at radius 3 is 1.46 bits per heavy atom. The van der Waals surface area contributed by atoms with Crippen LogP contribution in [-0.4, -0.2) is 6.43 Å². The first-order valence-electron chi connectivity index (χ1n) is 11.4. The highest BCUT2D eigenvalue weighted by atomic mass is 19.3. The summed E-state index contributed by atoms with van der Waals surface area (Å²) in [4.78, 5) is 0. The van der Waals surface area contributed by atoms with Crippen LogP contribution in [0.3, 0.4) is 0 Å². The third-order valence-electron chi connectivity index (χ3n) is 5.67. The van der Waals surface area contributed by atoms with Crippen molar-refractivity contribution in [2.24, 2.45) is 0 Å². The van der Waals surface area contributed by atoms with Crippen molar-refractivity contribution in [2.75, 3.05) is 0 Å². The van der Waals surface area contributed by atoms with Crippen LogP contribution in [0.1, 0.15) is 18.9 Å². The molecule has 0 spiro atoms. The van der Waals surface area contributed by atoms with Crippen molar-refractivity contribution in [3.63, 3.8) is 0 Å². The number of allylic oxidation sites excluding steroid dienone is 1. The minimum atomic E-state index is -2.77. The molecule has 1 nitrogen and oxygen atoms in total. The Morgan fingerprint density at radius 1 is 0.657 bits per heavy atom. The van der Waals surface area contributed by atoms with E-state index >= 15 is 0 Å². The summed E-state index contributed by atoms with van der Waals surface area (Å²) in [5.74, 6) is -2.66. The van der Waals surface area contributed by atoms with Gasteiger partial charge in [0.05, 0.1) is 6.26 Å². The fraction of sp³-hybridized carbons (Fsp3) is 0.133. The molecule has 0 heterocycles. The lowest BCUT2D eigenvalue weighted by Gasteiger charge is -2.09. The predicted molar refractivity (Wildman–Crippen MR) is 132 cm³/mol. The minimum Gasteiger partial charge on any atom is -0.459 e. The smallest absolute Gasteiger partial charge is 0.260 e. The molecule has 0 atom stereocenters. The predicted octanol–water partition coefficient (Wildman–Crippen LogP) is 9.08. The van der Waals surface area contributed by atoms with Crippen LogP contribution in [0.25, 0.3) is 33.4 Å². The Hall–Kier alpha value is -3.86. The highest BCUT2D eigenvalue weighted by Gasteiger charge is 2.13. The van der Waals surface area contributed by atoms with Crippen LogP contribution in [-0.2, 0) is 6.42 Å². The van der Waals surface area contributed by atoms with Crippen molar-refractivity contribution in [1.29, 1.82) is 0 Å². The van der Waals surface area contributed by atoms with Crippen molar-refractivity contribution in [3.05, 3.63) is 114 Å². The number of hydrogen-bond donors (Lipinski definition) is 0. The molecule has 0 radical (unpaired) electrons. The number of halogens is 4. The van der Waals surface area contributed by atoms with Gasteiger partial charge in [0.25, 0.3) is 6.43 Å². The zero-order chi connectivity index (χ0) is 24.8. The van der Waals surface area contributed by atoms with E-state index in [0.29, 0.717) is 23.5 Å². The second kappa shape index (κ2) is 11.0. The van der Waals surface area contributed by atoms with E-state index in [1.807, 2.05) is 24.3 Å². The number of alkyl halides is 2. The fourth-order valence-corrected chi connectivity index (χ4v) is 3.87. The van der Waals surface area contributed by atoms with E-state index in [2.05, 4.69) is 43.3 Å². The SMILES string of the molecule is CCCc1ccc(-c2ccc(-c3ccc(-c4cc(F)c(O/C=C/C(F)F)c(F)c4)cc3)cc2)cc1. The Balaban J connectivity index is 1.50. The largest absolute Gasteiger partial charge is 0.459 e. The molecule has 4 aromatic carbocycles. The molecule has 0 saturated carbocycles. The molecule has 0 unspecified atom stereocenters. The van der Waals surface area contributed by atoms with Crippen LogP contribution in [0.5, 0.6) is 5.75 Å². The minimum absolute atomic E-state index is 0.318. The van der Waals surface area contributed by atoms with Gasteiger partial charge in [-0.2, -0.15) is 0 Å². The van der Waals surface area contributed by atoms with E-state index < -0.39 is 23.8 Å².